The molecule has 7 nitrogen and oxygen atoms in total. The summed E-state index contributed by atoms with van der Waals surface area (Å²) in [6, 6.07) is 8.30. The fourth-order valence-corrected chi connectivity index (χ4v) is 6.29. The van der Waals surface area contributed by atoms with Gasteiger partial charge in [-0.2, -0.15) is 4.31 Å². The van der Waals surface area contributed by atoms with Crippen molar-refractivity contribution in [2.75, 3.05) is 6.54 Å². The third kappa shape index (κ3) is 2.77. The second-order valence-electron chi connectivity index (χ2n) is 6.67. The first-order valence-electron chi connectivity index (χ1n) is 8.57. The Morgan fingerprint density at radius 1 is 1.04 bits per heavy atom. The van der Waals surface area contributed by atoms with Crippen molar-refractivity contribution in [3.8, 4) is 0 Å². The Bertz CT molecular complexity index is 1240. The van der Waals surface area contributed by atoms with E-state index in [0.717, 1.165) is 17.7 Å². The normalized spacial score (nSPS) is 18.4. The number of hydrogen-bond donors (Lipinski definition) is 0. The number of aryl methyl sites for hydroxylation is 2. The van der Waals surface area contributed by atoms with Gasteiger partial charge in [0.15, 0.2) is 0 Å². The molecule has 0 radical (unpaired) electrons. The minimum Gasteiger partial charge on any atom is -0.305 e. The van der Waals surface area contributed by atoms with Gasteiger partial charge in [0.25, 0.3) is 0 Å². The topological polar surface area (TPSA) is 81.4 Å². The van der Waals surface area contributed by atoms with Crippen LogP contribution in [-0.2, 0) is 24.1 Å². The summed E-state index contributed by atoms with van der Waals surface area (Å²) in [4.78, 5) is 25.2. The molecule has 27 heavy (non-hydrogen) atoms. The molecule has 1 aromatic carbocycles. The van der Waals surface area contributed by atoms with Crippen LogP contribution in [0.15, 0.2) is 50.2 Å². The Hall–Kier alpha value is -2.23. The Kier molecular flexibility index (Phi) is 4.32. The molecular weight excluding hydrogens is 386 g/mol. The Morgan fingerprint density at radius 2 is 1.74 bits per heavy atom. The Morgan fingerprint density at radius 3 is 2.41 bits per heavy atom. The summed E-state index contributed by atoms with van der Waals surface area (Å²) < 4.78 is 30.6. The summed E-state index contributed by atoms with van der Waals surface area (Å²) in [5.41, 5.74) is -0.401. The predicted octanol–water partition coefficient (Wildman–Crippen LogP) is 1.82. The number of rotatable bonds is 3. The van der Waals surface area contributed by atoms with E-state index in [-0.39, 0.29) is 10.9 Å². The van der Waals surface area contributed by atoms with Crippen molar-refractivity contribution in [1.29, 1.82) is 0 Å². The molecule has 1 unspecified atom stereocenters. The SMILES string of the molecule is Cn1c(=O)c(=O)n(C)c2cc(S(=O)(=O)N3CCCC3c3cccs3)ccc21. The third-order valence-corrected chi connectivity index (χ3v) is 8.02. The summed E-state index contributed by atoms with van der Waals surface area (Å²) in [5, 5.41) is 1.95. The van der Waals surface area contributed by atoms with Gasteiger partial charge in [-0.3, -0.25) is 9.59 Å². The molecule has 1 aliphatic heterocycles. The number of fused-ring (bicyclic) bond motifs is 1. The van der Waals surface area contributed by atoms with Crippen LogP contribution in [0.2, 0.25) is 0 Å². The van der Waals surface area contributed by atoms with E-state index >= 15 is 0 Å². The van der Waals surface area contributed by atoms with Crippen LogP contribution in [0, 0.1) is 0 Å². The molecule has 4 rings (SSSR count). The summed E-state index contributed by atoms with van der Waals surface area (Å²) in [6.45, 7) is 0.467. The Balaban J connectivity index is 1.86. The first kappa shape index (κ1) is 18.1. The molecule has 0 saturated carbocycles. The van der Waals surface area contributed by atoms with E-state index in [4.69, 9.17) is 0 Å². The number of aromatic nitrogens is 2. The summed E-state index contributed by atoms with van der Waals surface area (Å²) in [6.07, 6.45) is 1.60. The van der Waals surface area contributed by atoms with Crippen LogP contribution >= 0.6 is 11.3 Å². The maximum Gasteiger partial charge on any atom is 0.316 e. The first-order chi connectivity index (χ1) is 12.8. The fraction of sp³-hybridized carbons (Fsp3) is 0.333. The summed E-state index contributed by atoms with van der Waals surface area (Å²) in [5.74, 6) is 0. The second-order valence-corrected chi connectivity index (χ2v) is 9.54. The molecule has 1 atom stereocenters. The molecule has 0 amide bonds. The van der Waals surface area contributed by atoms with Crippen LogP contribution in [0.4, 0.5) is 0 Å². The average Bonchev–Trinajstić information content (AvgIpc) is 3.35. The third-order valence-electron chi connectivity index (χ3n) is 5.14. The maximum atomic E-state index is 13.3. The molecule has 3 heterocycles. The minimum absolute atomic E-state index is 0.132. The number of thiophene rings is 1. The molecule has 1 fully saturated rings. The van der Waals surface area contributed by atoms with E-state index in [2.05, 4.69) is 0 Å². The molecule has 0 spiro atoms. The highest BCUT2D eigenvalue weighted by Gasteiger charge is 2.36. The van der Waals surface area contributed by atoms with Gasteiger partial charge in [0.1, 0.15) is 0 Å². The van der Waals surface area contributed by atoms with Crippen LogP contribution in [0.3, 0.4) is 0 Å². The lowest BCUT2D eigenvalue weighted by molar-refractivity contribution is 0.401. The van der Waals surface area contributed by atoms with E-state index in [9.17, 15) is 18.0 Å². The highest BCUT2D eigenvalue weighted by Crippen LogP contribution is 2.38. The van der Waals surface area contributed by atoms with Gasteiger partial charge in [0, 0.05) is 25.5 Å². The molecule has 1 saturated heterocycles. The molecule has 142 valence electrons. The standard InChI is InChI=1S/C18H19N3O4S2/c1-19-13-8-7-12(11-15(13)20(2)18(23)17(19)22)27(24,25)21-9-3-5-14(21)16-6-4-10-26-16/h4,6-8,10-11,14H,3,5,9H2,1-2H3. The number of sulfonamides is 1. The van der Waals surface area contributed by atoms with Crippen LogP contribution in [-0.4, -0.2) is 28.4 Å². The number of hydrogen-bond acceptors (Lipinski definition) is 5. The Labute approximate surface area is 160 Å². The number of nitrogens with zero attached hydrogens (tertiary/aromatic N) is 3. The molecule has 1 aliphatic rings. The second kappa shape index (κ2) is 6.43. The van der Waals surface area contributed by atoms with Crippen molar-refractivity contribution in [2.24, 2.45) is 14.1 Å². The highest BCUT2D eigenvalue weighted by molar-refractivity contribution is 7.89. The zero-order valence-corrected chi connectivity index (χ0v) is 16.6. The van der Waals surface area contributed by atoms with E-state index in [1.165, 1.54) is 35.4 Å². The van der Waals surface area contributed by atoms with E-state index in [0.29, 0.717) is 17.6 Å². The van der Waals surface area contributed by atoms with Crippen LogP contribution in [0.25, 0.3) is 11.0 Å². The van der Waals surface area contributed by atoms with Gasteiger partial charge >= 0.3 is 11.1 Å². The van der Waals surface area contributed by atoms with Gasteiger partial charge in [0.2, 0.25) is 10.0 Å². The largest absolute Gasteiger partial charge is 0.316 e. The van der Waals surface area contributed by atoms with Crippen molar-refractivity contribution in [3.63, 3.8) is 0 Å². The molecule has 0 bridgehead atoms. The van der Waals surface area contributed by atoms with Gasteiger partial charge in [-0.25, -0.2) is 8.42 Å². The van der Waals surface area contributed by atoms with E-state index in [1.54, 1.807) is 21.7 Å². The van der Waals surface area contributed by atoms with Crippen molar-refractivity contribution in [2.45, 2.75) is 23.8 Å². The maximum absolute atomic E-state index is 13.3. The van der Waals surface area contributed by atoms with Crippen molar-refractivity contribution >= 4 is 32.4 Å². The lowest BCUT2D eigenvalue weighted by atomic mass is 10.2. The molecule has 0 N–H and O–H groups in total. The molecule has 0 aliphatic carbocycles. The van der Waals surface area contributed by atoms with Crippen molar-refractivity contribution < 1.29 is 8.42 Å². The van der Waals surface area contributed by atoms with Crippen LogP contribution < -0.4 is 11.1 Å². The van der Waals surface area contributed by atoms with Gasteiger partial charge in [-0.1, -0.05) is 6.07 Å². The van der Waals surface area contributed by atoms with Gasteiger partial charge < -0.3 is 9.13 Å². The zero-order valence-electron chi connectivity index (χ0n) is 15.0. The highest BCUT2D eigenvalue weighted by atomic mass is 32.2. The smallest absolute Gasteiger partial charge is 0.305 e. The predicted molar refractivity (Wildman–Crippen MR) is 105 cm³/mol. The quantitative estimate of drug-likeness (QED) is 0.623. The lowest BCUT2D eigenvalue weighted by Gasteiger charge is -2.23. The van der Waals surface area contributed by atoms with Crippen molar-refractivity contribution in [3.05, 3.63) is 61.3 Å². The molecule has 9 heteroatoms. The van der Waals surface area contributed by atoms with Crippen LogP contribution in [0.1, 0.15) is 23.8 Å². The van der Waals surface area contributed by atoms with Gasteiger partial charge in [-0.15, -0.1) is 11.3 Å². The lowest BCUT2D eigenvalue weighted by Crippen LogP contribution is -2.39. The summed E-state index contributed by atoms with van der Waals surface area (Å²) in [7, 11) is -0.734. The van der Waals surface area contributed by atoms with Crippen LogP contribution in [0.5, 0.6) is 0 Å². The molecular formula is C18H19N3O4S2. The van der Waals surface area contributed by atoms with Gasteiger partial charge in [0.05, 0.1) is 22.0 Å². The zero-order chi connectivity index (χ0) is 19.3. The van der Waals surface area contributed by atoms with E-state index < -0.39 is 21.1 Å². The first-order valence-corrected chi connectivity index (χ1v) is 10.9. The molecule has 3 aromatic rings. The van der Waals surface area contributed by atoms with Crippen molar-refractivity contribution in [1.82, 2.24) is 13.4 Å². The fourth-order valence-electron chi connectivity index (χ4n) is 3.65. The monoisotopic (exact) mass is 405 g/mol. The molecule has 2 aromatic heterocycles. The van der Waals surface area contributed by atoms with E-state index in [1.807, 2.05) is 17.5 Å². The number of benzene rings is 1. The van der Waals surface area contributed by atoms with Gasteiger partial charge in [-0.05, 0) is 42.5 Å². The minimum atomic E-state index is -3.72. The summed E-state index contributed by atoms with van der Waals surface area (Å²) >= 11 is 1.56. The average molecular weight is 406 g/mol.